The van der Waals surface area contributed by atoms with Gasteiger partial charge < -0.3 is 0 Å². The van der Waals surface area contributed by atoms with Crippen LogP contribution in [0.2, 0.25) is 0 Å². The third kappa shape index (κ3) is 3.21. The molecule has 1 aliphatic rings. The molecule has 0 amide bonds. The molecule has 0 fully saturated rings. The monoisotopic (exact) mass is 166 g/mol. The molecule has 1 heteroatoms. The van der Waals surface area contributed by atoms with E-state index in [9.17, 15) is 4.79 Å². The summed E-state index contributed by atoms with van der Waals surface area (Å²) in [7, 11) is 0. The Kier molecular flexibility index (Phi) is 4.06. The number of carbonyl (C=O) groups excluding carboxylic acids is 1. The Labute approximate surface area is 74.9 Å². The molecular weight excluding hydrogens is 148 g/mol. The fraction of sp³-hybridized carbons (Fsp3) is 0.727. The van der Waals surface area contributed by atoms with Crippen LogP contribution in [0.25, 0.3) is 0 Å². The number of carbonyl (C=O) groups is 1. The van der Waals surface area contributed by atoms with Crippen LogP contribution in [0.5, 0.6) is 0 Å². The summed E-state index contributed by atoms with van der Waals surface area (Å²) in [5.74, 6) is 0.879. The highest BCUT2D eigenvalue weighted by molar-refractivity contribution is 5.92. The molecule has 1 aliphatic carbocycles. The average Bonchev–Trinajstić information content (AvgIpc) is 2.45. The Bertz CT molecular complexity index is 170. The number of hydrogen-bond acceptors (Lipinski definition) is 1. The van der Waals surface area contributed by atoms with Gasteiger partial charge in [0, 0.05) is 6.42 Å². The normalized spacial score (nSPS) is 22.1. The van der Waals surface area contributed by atoms with Crippen LogP contribution in [-0.4, -0.2) is 5.78 Å². The van der Waals surface area contributed by atoms with Crippen LogP contribution in [0.15, 0.2) is 12.2 Å². The van der Waals surface area contributed by atoms with E-state index in [4.69, 9.17) is 0 Å². The maximum Gasteiger partial charge on any atom is 0.155 e. The molecule has 0 spiro atoms. The second kappa shape index (κ2) is 5.13. The first-order chi connectivity index (χ1) is 5.83. The fourth-order valence-electron chi connectivity index (χ4n) is 1.67. The number of ketones is 1. The first-order valence-corrected chi connectivity index (χ1v) is 5.04. The predicted octanol–water partition coefficient (Wildman–Crippen LogP) is 3.10. The first-order valence-electron chi connectivity index (χ1n) is 5.04. The minimum absolute atomic E-state index is 0.315. The molecule has 1 atom stereocenters. The Hall–Kier alpha value is -0.590. The standard InChI is InChI=1S/C11H18O/c1-2-3-4-5-6-10-7-8-11(12)9-10/h7-8,10H,2-6,9H2,1H3. The lowest BCUT2D eigenvalue weighted by atomic mass is 10.0. The van der Waals surface area contributed by atoms with Gasteiger partial charge in [0.15, 0.2) is 5.78 Å². The van der Waals surface area contributed by atoms with Gasteiger partial charge in [-0.15, -0.1) is 0 Å². The van der Waals surface area contributed by atoms with Crippen LogP contribution >= 0.6 is 0 Å². The van der Waals surface area contributed by atoms with Crippen molar-refractivity contribution in [3.8, 4) is 0 Å². The lowest BCUT2D eigenvalue weighted by Crippen LogP contribution is -1.96. The first kappa shape index (κ1) is 9.50. The molecular formula is C11H18O. The Balaban J connectivity index is 2.01. The molecule has 1 nitrogen and oxygen atoms in total. The van der Waals surface area contributed by atoms with E-state index in [0.717, 1.165) is 6.42 Å². The van der Waals surface area contributed by atoms with Gasteiger partial charge in [0.05, 0.1) is 0 Å². The van der Waals surface area contributed by atoms with Gasteiger partial charge in [-0.05, 0) is 18.4 Å². The molecule has 68 valence electrons. The minimum atomic E-state index is 0.315. The highest BCUT2D eigenvalue weighted by atomic mass is 16.1. The van der Waals surface area contributed by atoms with Crippen LogP contribution in [0.3, 0.4) is 0 Å². The van der Waals surface area contributed by atoms with Gasteiger partial charge in [0.25, 0.3) is 0 Å². The SMILES string of the molecule is CCCCCCC1C=CC(=O)C1. The van der Waals surface area contributed by atoms with E-state index in [1.54, 1.807) is 6.08 Å². The van der Waals surface area contributed by atoms with Crippen molar-refractivity contribution in [2.24, 2.45) is 5.92 Å². The van der Waals surface area contributed by atoms with Crippen LogP contribution in [0, 0.1) is 5.92 Å². The molecule has 0 aliphatic heterocycles. The summed E-state index contributed by atoms with van der Waals surface area (Å²) in [6.45, 7) is 2.22. The molecule has 0 saturated carbocycles. The summed E-state index contributed by atoms with van der Waals surface area (Å²) < 4.78 is 0. The molecule has 0 saturated heterocycles. The minimum Gasteiger partial charge on any atom is -0.295 e. The Morgan fingerprint density at radius 1 is 1.42 bits per heavy atom. The van der Waals surface area contributed by atoms with Crippen LogP contribution in [0.4, 0.5) is 0 Å². The van der Waals surface area contributed by atoms with Gasteiger partial charge in [-0.3, -0.25) is 4.79 Å². The number of rotatable bonds is 5. The van der Waals surface area contributed by atoms with E-state index in [1.165, 1.54) is 32.1 Å². The van der Waals surface area contributed by atoms with Crippen LogP contribution in [-0.2, 0) is 4.79 Å². The van der Waals surface area contributed by atoms with Gasteiger partial charge in [0.1, 0.15) is 0 Å². The van der Waals surface area contributed by atoms with Gasteiger partial charge >= 0.3 is 0 Å². The van der Waals surface area contributed by atoms with Gasteiger partial charge in [0.2, 0.25) is 0 Å². The molecule has 0 radical (unpaired) electrons. The smallest absolute Gasteiger partial charge is 0.155 e. The summed E-state index contributed by atoms with van der Waals surface area (Å²) in [4.78, 5) is 10.9. The summed E-state index contributed by atoms with van der Waals surface area (Å²) >= 11 is 0. The zero-order valence-electron chi connectivity index (χ0n) is 7.88. The maximum absolute atomic E-state index is 10.9. The van der Waals surface area contributed by atoms with E-state index in [0.29, 0.717) is 11.7 Å². The largest absolute Gasteiger partial charge is 0.295 e. The second-order valence-electron chi connectivity index (χ2n) is 3.64. The van der Waals surface area contributed by atoms with E-state index in [1.807, 2.05) is 0 Å². The molecule has 0 N–H and O–H groups in total. The quantitative estimate of drug-likeness (QED) is 0.573. The van der Waals surface area contributed by atoms with Gasteiger partial charge in [-0.2, -0.15) is 0 Å². The molecule has 0 aromatic carbocycles. The zero-order valence-corrected chi connectivity index (χ0v) is 7.88. The summed E-state index contributed by atoms with van der Waals surface area (Å²) in [5.41, 5.74) is 0. The summed E-state index contributed by atoms with van der Waals surface area (Å²) in [6, 6.07) is 0. The summed E-state index contributed by atoms with van der Waals surface area (Å²) in [6.07, 6.45) is 11.0. The predicted molar refractivity (Wildman–Crippen MR) is 51.0 cm³/mol. The number of allylic oxidation sites excluding steroid dienone is 2. The van der Waals surface area contributed by atoms with Crippen LogP contribution < -0.4 is 0 Å². The molecule has 0 heterocycles. The van der Waals surface area contributed by atoms with Crippen molar-refractivity contribution in [3.05, 3.63) is 12.2 Å². The average molecular weight is 166 g/mol. The zero-order chi connectivity index (χ0) is 8.81. The van der Waals surface area contributed by atoms with Crippen LogP contribution in [0.1, 0.15) is 45.4 Å². The van der Waals surface area contributed by atoms with Crippen molar-refractivity contribution in [3.63, 3.8) is 0 Å². The van der Waals surface area contributed by atoms with E-state index < -0.39 is 0 Å². The third-order valence-electron chi connectivity index (χ3n) is 2.45. The molecule has 1 unspecified atom stereocenters. The van der Waals surface area contributed by atoms with E-state index in [-0.39, 0.29) is 0 Å². The van der Waals surface area contributed by atoms with Crippen molar-refractivity contribution in [2.45, 2.75) is 45.4 Å². The molecule has 12 heavy (non-hydrogen) atoms. The maximum atomic E-state index is 10.9. The number of unbranched alkanes of at least 4 members (excludes halogenated alkanes) is 3. The van der Waals surface area contributed by atoms with Crippen molar-refractivity contribution < 1.29 is 4.79 Å². The van der Waals surface area contributed by atoms with Gasteiger partial charge in [-0.25, -0.2) is 0 Å². The molecule has 0 bridgehead atoms. The Morgan fingerprint density at radius 3 is 2.83 bits per heavy atom. The van der Waals surface area contributed by atoms with Gasteiger partial charge in [-0.1, -0.05) is 38.7 Å². The molecule has 1 rings (SSSR count). The van der Waals surface area contributed by atoms with Crippen molar-refractivity contribution >= 4 is 5.78 Å². The Morgan fingerprint density at radius 2 is 2.25 bits per heavy atom. The highest BCUT2D eigenvalue weighted by Gasteiger charge is 2.14. The van der Waals surface area contributed by atoms with E-state index >= 15 is 0 Å². The topological polar surface area (TPSA) is 17.1 Å². The summed E-state index contributed by atoms with van der Waals surface area (Å²) in [5, 5.41) is 0. The molecule has 0 aromatic heterocycles. The lowest BCUT2D eigenvalue weighted by molar-refractivity contribution is -0.114. The highest BCUT2D eigenvalue weighted by Crippen LogP contribution is 2.20. The lowest BCUT2D eigenvalue weighted by Gasteiger charge is -2.04. The van der Waals surface area contributed by atoms with E-state index in [2.05, 4.69) is 13.0 Å². The third-order valence-corrected chi connectivity index (χ3v) is 2.45. The van der Waals surface area contributed by atoms with Crippen molar-refractivity contribution in [1.29, 1.82) is 0 Å². The fourth-order valence-corrected chi connectivity index (χ4v) is 1.67. The second-order valence-corrected chi connectivity index (χ2v) is 3.64. The molecule has 0 aromatic rings. The van der Waals surface area contributed by atoms with Crippen molar-refractivity contribution in [1.82, 2.24) is 0 Å². The van der Waals surface area contributed by atoms with Crippen molar-refractivity contribution in [2.75, 3.05) is 0 Å². The number of hydrogen-bond donors (Lipinski definition) is 0.